The zero-order valence-electron chi connectivity index (χ0n) is 13.0. The van der Waals surface area contributed by atoms with Gasteiger partial charge in [-0.3, -0.25) is 4.90 Å². The van der Waals surface area contributed by atoms with Crippen molar-refractivity contribution < 1.29 is 4.74 Å². The Morgan fingerprint density at radius 2 is 2.10 bits per heavy atom. The molecule has 112 valence electrons. The number of hydrogen-bond donors (Lipinski definition) is 1. The van der Waals surface area contributed by atoms with Crippen molar-refractivity contribution in [2.24, 2.45) is 0 Å². The summed E-state index contributed by atoms with van der Waals surface area (Å²) in [5.41, 5.74) is 1.35. The van der Waals surface area contributed by atoms with Crippen molar-refractivity contribution in [1.82, 2.24) is 10.2 Å². The van der Waals surface area contributed by atoms with Crippen LogP contribution in [-0.4, -0.2) is 43.8 Å². The van der Waals surface area contributed by atoms with Crippen LogP contribution >= 0.6 is 0 Å². The van der Waals surface area contributed by atoms with E-state index >= 15 is 0 Å². The van der Waals surface area contributed by atoms with E-state index in [-0.39, 0.29) is 0 Å². The van der Waals surface area contributed by atoms with Crippen molar-refractivity contribution in [3.05, 3.63) is 35.9 Å². The molecule has 0 radical (unpaired) electrons. The molecule has 1 heterocycles. The van der Waals surface area contributed by atoms with Gasteiger partial charge in [0.1, 0.15) is 0 Å². The smallest absolute Gasteiger partial charge is 0.0702 e. The van der Waals surface area contributed by atoms with Crippen molar-refractivity contribution in [2.45, 2.75) is 44.9 Å². The van der Waals surface area contributed by atoms with Gasteiger partial charge in [-0.1, -0.05) is 37.3 Å². The summed E-state index contributed by atoms with van der Waals surface area (Å²) in [5, 5.41) is 3.48. The third kappa shape index (κ3) is 3.81. The number of benzene rings is 1. The lowest BCUT2D eigenvalue weighted by molar-refractivity contribution is 0.0550. The molecule has 1 aromatic carbocycles. The van der Waals surface area contributed by atoms with Crippen LogP contribution in [0.15, 0.2) is 30.3 Å². The van der Waals surface area contributed by atoms with Crippen LogP contribution in [0.1, 0.15) is 38.3 Å². The van der Waals surface area contributed by atoms with Gasteiger partial charge < -0.3 is 10.1 Å². The molecule has 2 rings (SSSR count). The van der Waals surface area contributed by atoms with E-state index in [9.17, 15) is 0 Å². The molecule has 3 heteroatoms. The molecule has 3 atom stereocenters. The van der Waals surface area contributed by atoms with E-state index in [0.29, 0.717) is 18.2 Å². The first-order valence-corrected chi connectivity index (χ1v) is 7.84. The predicted octanol–water partition coefficient (Wildman–Crippen LogP) is 2.84. The highest BCUT2D eigenvalue weighted by Gasteiger charge is 2.26. The summed E-state index contributed by atoms with van der Waals surface area (Å²) in [6, 6.07) is 11.5. The molecule has 0 amide bonds. The maximum Gasteiger partial charge on any atom is 0.0702 e. The second kappa shape index (κ2) is 7.77. The molecule has 0 spiro atoms. The third-order valence-electron chi connectivity index (χ3n) is 4.40. The standard InChI is InChI=1S/C17H28N2O/c1-4-19(13-16-11-8-12-20-16)14(2)17(18-3)15-9-6-5-7-10-15/h5-7,9-10,14,16-18H,4,8,11-13H2,1-3H3. The molecule has 0 bridgehead atoms. The topological polar surface area (TPSA) is 24.5 Å². The highest BCUT2D eigenvalue weighted by atomic mass is 16.5. The first-order valence-electron chi connectivity index (χ1n) is 7.84. The number of nitrogens with one attached hydrogen (secondary N) is 1. The van der Waals surface area contributed by atoms with Crippen LogP contribution in [0, 0.1) is 0 Å². The van der Waals surface area contributed by atoms with Crippen LogP contribution in [0.3, 0.4) is 0 Å². The Kier molecular flexibility index (Phi) is 6.02. The molecule has 0 aromatic heterocycles. The lowest BCUT2D eigenvalue weighted by atomic mass is 9.99. The lowest BCUT2D eigenvalue weighted by Crippen LogP contribution is -2.45. The predicted molar refractivity (Wildman–Crippen MR) is 83.9 cm³/mol. The van der Waals surface area contributed by atoms with Crippen LogP contribution in [0.25, 0.3) is 0 Å². The highest BCUT2D eigenvalue weighted by Crippen LogP contribution is 2.22. The average Bonchev–Trinajstić information content (AvgIpc) is 2.99. The summed E-state index contributed by atoms with van der Waals surface area (Å²) in [4.78, 5) is 2.53. The van der Waals surface area contributed by atoms with Crippen LogP contribution in [0.4, 0.5) is 0 Å². The fourth-order valence-corrected chi connectivity index (χ4v) is 3.19. The number of ether oxygens (including phenoxy) is 1. The Morgan fingerprint density at radius 1 is 1.35 bits per heavy atom. The van der Waals surface area contributed by atoms with Gasteiger partial charge in [-0.05, 0) is 38.9 Å². The summed E-state index contributed by atoms with van der Waals surface area (Å²) >= 11 is 0. The SMILES string of the molecule is CCN(CC1CCCO1)C(C)C(NC)c1ccccc1. The van der Waals surface area contributed by atoms with E-state index < -0.39 is 0 Å². The molecule has 0 aliphatic carbocycles. The van der Waals surface area contributed by atoms with Gasteiger partial charge in [0.25, 0.3) is 0 Å². The normalized spacial score (nSPS) is 22.1. The third-order valence-corrected chi connectivity index (χ3v) is 4.40. The second-order valence-electron chi connectivity index (χ2n) is 5.64. The second-order valence-corrected chi connectivity index (χ2v) is 5.64. The van der Waals surface area contributed by atoms with Crippen molar-refractivity contribution in [3.63, 3.8) is 0 Å². The van der Waals surface area contributed by atoms with Gasteiger partial charge in [0.15, 0.2) is 0 Å². The Hall–Kier alpha value is -0.900. The number of hydrogen-bond acceptors (Lipinski definition) is 3. The molecule has 3 nitrogen and oxygen atoms in total. The van der Waals surface area contributed by atoms with Gasteiger partial charge >= 0.3 is 0 Å². The quantitative estimate of drug-likeness (QED) is 0.829. The molecule has 1 N–H and O–H groups in total. The van der Waals surface area contributed by atoms with E-state index in [1.54, 1.807) is 0 Å². The summed E-state index contributed by atoms with van der Waals surface area (Å²) in [5.74, 6) is 0. The van der Waals surface area contributed by atoms with Crippen LogP contribution in [0.5, 0.6) is 0 Å². The largest absolute Gasteiger partial charge is 0.377 e. The summed E-state index contributed by atoms with van der Waals surface area (Å²) in [7, 11) is 2.05. The van der Waals surface area contributed by atoms with Gasteiger partial charge in [0.05, 0.1) is 6.10 Å². The summed E-state index contributed by atoms with van der Waals surface area (Å²) in [6.45, 7) is 7.59. The van der Waals surface area contributed by atoms with Gasteiger partial charge in [0.2, 0.25) is 0 Å². The first-order chi connectivity index (χ1) is 9.76. The minimum absolute atomic E-state index is 0.359. The fourth-order valence-electron chi connectivity index (χ4n) is 3.19. The minimum atomic E-state index is 0.359. The Labute approximate surface area is 123 Å². The lowest BCUT2D eigenvalue weighted by Gasteiger charge is -2.35. The molecule has 1 aromatic rings. The molecule has 1 aliphatic rings. The van der Waals surface area contributed by atoms with Crippen molar-refractivity contribution in [2.75, 3.05) is 26.7 Å². The minimum Gasteiger partial charge on any atom is -0.377 e. The Morgan fingerprint density at radius 3 is 2.65 bits per heavy atom. The van der Waals surface area contributed by atoms with Gasteiger partial charge in [-0.25, -0.2) is 0 Å². The summed E-state index contributed by atoms with van der Waals surface area (Å²) in [6.07, 6.45) is 2.84. The molecule has 1 aliphatic heterocycles. The summed E-state index contributed by atoms with van der Waals surface area (Å²) < 4.78 is 5.79. The first kappa shape index (κ1) is 15.5. The molecule has 1 saturated heterocycles. The van der Waals surface area contributed by atoms with E-state index in [4.69, 9.17) is 4.74 Å². The van der Waals surface area contributed by atoms with Crippen molar-refractivity contribution in [1.29, 1.82) is 0 Å². The zero-order chi connectivity index (χ0) is 14.4. The van der Waals surface area contributed by atoms with Gasteiger partial charge in [-0.2, -0.15) is 0 Å². The maximum absolute atomic E-state index is 5.79. The van der Waals surface area contributed by atoms with Crippen LogP contribution in [-0.2, 0) is 4.74 Å². The van der Waals surface area contributed by atoms with Crippen molar-refractivity contribution >= 4 is 0 Å². The van der Waals surface area contributed by atoms with E-state index in [2.05, 4.69) is 54.4 Å². The van der Waals surface area contributed by atoms with E-state index in [0.717, 1.165) is 19.7 Å². The number of nitrogens with zero attached hydrogens (tertiary/aromatic N) is 1. The molecule has 0 saturated carbocycles. The van der Waals surface area contributed by atoms with Gasteiger partial charge in [-0.15, -0.1) is 0 Å². The van der Waals surface area contributed by atoms with Crippen LogP contribution < -0.4 is 5.32 Å². The maximum atomic E-state index is 5.79. The Bertz CT molecular complexity index is 376. The molecule has 3 unspecified atom stereocenters. The Balaban J connectivity index is 2.03. The van der Waals surface area contributed by atoms with Crippen molar-refractivity contribution in [3.8, 4) is 0 Å². The fraction of sp³-hybridized carbons (Fsp3) is 0.647. The van der Waals surface area contributed by atoms with Gasteiger partial charge in [0, 0.05) is 25.2 Å². The average molecular weight is 276 g/mol. The van der Waals surface area contributed by atoms with E-state index in [1.807, 2.05) is 7.05 Å². The molecule has 20 heavy (non-hydrogen) atoms. The van der Waals surface area contributed by atoms with E-state index in [1.165, 1.54) is 18.4 Å². The monoisotopic (exact) mass is 276 g/mol. The number of likely N-dealkylation sites (N-methyl/N-ethyl adjacent to an activating group) is 2. The number of rotatable bonds is 7. The molecular weight excluding hydrogens is 248 g/mol. The highest BCUT2D eigenvalue weighted by molar-refractivity contribution is 5.20. The molecule has 1 fully saturated rings. The van der Waals surface area contributed by atoms with Crippen LogP contribution in [0.2, 0.25) is 0 Å². The zero-order valence-corrected chi connectivity index (χ0v) is 13.0. The molecular formula is C17H28N2O.